The van der Waals surface area contributed by atoms with E-state index >= 15 is 0 Å². The van der Waals surface area contributed by atoms with E-state index in [-0.39, 0.29) is 11.5 Å². The lowest BCUT2D eigenvalue weighted by atomic mass is 9.69. The molecule has 1 aromatic carbocycles. The monoisotopic (exact) mass is 368 g/mol. The van der Waals surface area contributed by atoms with Crippen LogP contribution in [0.4, 0.5) is 0 Å². The van der Waals surface area contributed by atoms with Crippen molar-refractivity contribution in [2.75, 3.05) is 13.2 Å². The van der Waals surface area contributed by atoms with Crippen LogP contribution < -0.4 is 9.47 Å². The van der Waals surface area contributed by atoms with Crippen LogP contribution in [0.15, 0.2) is 47.1 Å². The molecule has 0 spiro atoms. The highest BCUT2D eigenvalue weighted by Crippen LogP contribution is 2.42. The average molecular weight is 369 g/mol. The number of hydrogen-bond donors (Lipinski definition) is 1. The first-order valence-electron chi connectivity index (χ1n) is 9.97. The lowest BCUT2D eigenvalue weighted by Gasteiger charge is -2.39. The molecule has 27 heavy (non-hydrogen) atoms. The first kappa shape index (κ1) is 19.8. The summed E-state index contributed by atoms with van der Waals surface area (Å²) in [6, 6.07) is 5.98. The molecule has 3 heteroatoms. The van der Waals surface area contributed by atoms with Gasteiger partial charge in [-0.05, 0) is 63.8 Å². The van der Waals surface area contributed by atoms with Gasteiger partial charge in [0.2, 0.25) is 0 Å². The van der Waals surface area contributed by atoms with Crippen molar-refractivity contribution >= 4 is 6.08 Å². The smallest absolute Gasteiger partial charge is 0.130 e. The summed E-state index contributed by atoms with van der Waals surface area (Å²) in [4.78, 5) is 0. The van der Waals surface area contributed by atoms with Crippen molar-refractivity contribution in [1.29, 1.82) is 0 Å². The first-order chi connectivity index (χ1) is 12.9. The Bertz CT molecular complexity index is 768. The second kappa shape index (κ2) is 8.35. The maximum absolute atomic E-state index is 10.4. The maximum Gasteiger partial charge on any atom is 0.130 e. The zero-order valence-electron chi connectivity index (χ0n) is 17.0. The lowest BCUT2D eigenvalue weighted by Crippen LogP contribution is -2.35. The molecule has 0 radical (unpaired) electrons. The molecule has 3 rings (SSSR count). The second-order valence-corrected chi connectivity index (χ2v) is 8.31. The fraction of sp³-hybridized carbons (Fsp3) is 0.500. The van der Waals surface area contributed by atoms with Gasteiger partial charge in [0, 0.05) is 17.0 Å². The van der Waals surface area contributed by atoms with E-state index in [4.69, 9.17) is 9.47 Å². The maximum atomic E-state index is 10.4. The predicted molar refractivity (Wildman–Crippen MR) is 111 cm³/mol. The Morgan fingerprint density at radius 1 is 1.37 bits per heavy atom. The summed E-state index contributed by atoms with van der Waals surface area (Å²) in [6.45, 7) is 9.90. The number of benzene rings is 1. The summed E-state index contributed by atoms with van der Waals surface area (Å²) in [5.74, 6) is 1.72. The Kier molecular flexibility index (Phi) is 6.11. The number of aliphatic hydroxyl groups is 1. The van der Waals surface area contributed by atoms with Gasteiger partial charge in [-0.25, -0.2) is 0 Å². The van der Waals surface area contributed by atoms with E-state index in [1.807, 2.05) is 24.3 Å². The van der Waals surface area contributed by atoms with Gasteiger partial charge in [0.05, 0.1) is 6.10 Å². The summed E-state index contributed by atoms with van der Waals surface area (Å²) in [7, 11) is 0. The zero-order chi connectivity index (χ0) is 19.4. The van der Waals surface area contributed by atoms with Crippen molar-refractivity contribution < 1.29 is 14.6 Å². The van der Waals surface area contributed by atoms with Crippen LogP contribution in [-0.4, -0.2) is 24.4 Å². The number of ether oxygens (including phenoxy) is 2. The molecule has 1 unspecified atom stereocenters. The fourth-order valence-corrected chi connectivity index (χ4v) is 4.04. The molecule has 1 aliphatic carbocycles. The lowest BCUT2D eigenvalue weighted by molar-refractivity contribution is 0.0558. The first-order valence-corrected chi connectivity index (χ1v) is 9.97. The molecule has 3 nitrogen and oxygen atoms in total. The molecule has 1 atom stereocenters. The van der Waals surface area contributed by atoms with E-state index in [0.29, 0.717) is 13.2 Å². The van der Waals surface area contributed by atoms with Gasteiger partial charge < -0.3 is 14.6 Å². The molecule has 0 saturated heterocycles. The summed E-state index contributed by atoms with van der Waals surface area (Å²) >= 11 is 0. The summed E-state index contributed by atoms with van der Waals surface area (Å²) in [5.41, 5.74) is 5.19. The molecular weight excluding hydrogens is 336 g/mol. The predicted octanol–water partition coefficient (Wildman–Crippen LogP) is 5.69. The third-order valence-electron chi connectivity index (χ3n) is 5.99. The number of hydrogen-bond acceptors (Lipinski definition) is 3. The molecule has 0 amide bonds. The van der Waals surface area contributed by atoms with Gasteiger partial charge >= 0.3 is 0 Å². The minimum atomic E-state index is -0.232. The average Bonchev–Trinajstić information content (AvgIpc) is 2.65. The normalized spacial score (nSPS) is 21.7. The van der Waals surface area contributed by atoms with Gasteiger partial charge in [0.1, 0.15) is 24.7 Å². The van der Waals surface area contributed by atoms with Gasteiger partial charge in [-0.2, -0.15) is 0 Å². The van der Waals surface area contributed by atoms with Crippen molar-refractivity contribution in [3.8, 4) is 11.5 Å². The van der Waals surface area contributed by atoms with Gasteiger partial charge in [-0.3, -0.25) is 0 Å². The number of rotatable bonds is 6. The molecule has 146 valence electrons. The van der Waals surface area contributed by atoms with Gasteiger partial charge in [0.25, 0.3) is 0 Å². The van der Waals surface area contributed by atoms with Crippen LogP contribution in [0.25, 0.3) is 6.08 Å². The van der Waals surface area contributed by atoms with Crippen molar-refractivity contribution in [2.24, 2.45) is 5.41 Å². The Balaban J connectivity index is 1.54. The summed E-state index contributed by atoms with van der Waals surface area (Å²) in [6.07, 6.45) is 9.92. The van der Waals surface area contributed by atoms with E-state index in [9.17, 15) is 5.11 Å². The van der Waals surface area contributed by atoms with Crippen LogP contribution in [-0.2, 0) is 0 Å². The summed E-state index contributed by atoms with van der Waals surface area (Å²) < 4.78 is 11.5. The van der Waals surface area contributed by atoms with E-state index in [1.165, 1.54) is 16.7 Å². The zero-order valence-corrected chi connectivity index (χ0v) is 17.0. The molecule has 0 aromatic heterocycles. The largest absolute Gasteiger partial charge is 0.489 e. The third kappa shape index (κ3) is 4.65. The standard InChI is InChI=1S/C24H32O3/c1-17(7-11-21-18(2)8-12-23(25)24(21,3)4)13-15-26-20-10-9-19-6-5-14-27-22(19)16-20/h5-6,9-10,13,16,23,25H,7-8,11-12,14-15H2,1-4H3. The number of allylic oxidation sites excluding steroid dienone is 2. The molecular formula is C24H32O3. The molecule has 2 aliphatic rings. The van der Waals surface area contributed by atoms with Crippen molar-refractivity contribution in [2.45, 2.75) is 59.5 Å². The van der Waals surface area contributed by atoms with Crippen molar-refractivity contribution in [3.05, 3.63) is 52.6 Å². The van der Waals surface area contributed by atoms with Crippen LogP contribution in [0.2, 0.25) is 0 Å². The highest BCUT2D eigenvalue weighted by Gasteiger charge is 2.35. The Hall–Kier alpha value is -2.00. The van der Waals surface area contributed by atoms with Crippen LogP contribution in [0, 0.1) is 5.41 Å². The summed E-state index contributed by atoms with van der Waals surface area (Å²) in [5, 5.41) is 10.4. The van der Waals surface area contributed by atoms with Gasteiger partial charge in [-0.1, -0.05) is 36.6 Å². The second-order valence-electron chi connectivity index (χ2n) is 8.31. The molecule has 1 aliphatic heterocycles. The van der Waals surface area contributed by atoms with E-state index in [2.05, 4.69) is 39.8 Å². The number of fused-ring (bicyclic) bond motifs is 1. The SMILES string of the molecule is CC(=CCOc1ccc2c(c1)OCC=C2)CCC1=C(C)CCC(O)C1(C)C. The highest BCUT2D eigenvalue weighted by atomic mass is 16.5. The van der Waals surface area contributed by atoms with E-state index < -0.39 is 0 Å². The Morgan fingerprint density at radius 2 is 2.19 bits per heavy atom. The van der Waals surface area contributed by atoms with Crippen LogP contribution in [0.1, 0.15) is 58.9 Å². The minimum Gasteiger partial charge on any atom is -0.489 e. The van der Waals surface area contributed by atoms with Crippen molar-refractivity contribution in [1.82, 2.24) is 0 Å². The fourth-order valence-electron chi connectivity index (χ4n) is 4.04. The van der Waals surface area contributed by atoms with E-state index in [0.717, 1.165) is 42.7 Å². The molecule has 0 saturated carbocycles. The van der Waals surface area contributed by atoms with Crippen LogP contribution in [0.3, 0.4) is 0 Å². The van der Waals surface area contributed by atoms with Crippen LogP contribution >= 0.6 is 0 Å². The molecule has 0 fully saturated rings. The highest BCUT2D eigenvalue weighted by molar-refractivity contribution is 5.60. The quantitative estimate of drug-likeness (QED) is 0.655. The van der Waals surface area contributed by atoms with Crippen LogP contribution in [0.5, 0.6) is 11.5 Å². The third-order valence-corrected chi connectivity index (χ3v) is 5.99. The molecule has 1 heterocycles. The molecule has 1 aromatic rings. The minimum absolute atomic E-state index is 0.114. The van der Waals surface area contributed by atoms with E-state index in [1.54, 1.807) is 0 Å². The Morgan fingerprint density at radius 3 is 3.00 bits per heavy atom. The van der Waals surface area contributed by atoms with Crippen molar-refractivity contribution in [3.63, 3.8) is 0 Å². The topological polar surface area (TPSA) is 38.7 Å². The Labute approximate surface area is 163 Å². The molecule has 1 N–H and O–H groups in total. The number of aliphatic hydroxyl groups excluding tert-OH is 1. The van der Waals surface area contributed by atoms with Gasteiger partial charge in [-0.15, -0.1) is 0 Å². The molecule has 0 bridgehead atoms. The van der Waals surface area contributed by atoms with Gasteiger partial charge in [0.15, 0.2) is 0 Å².